The van der Waals surface area contributed by atoms with E-state index in [4.69, 9.17) is 23.2 Å². The molecule has 1 unspecified atom stereocenters. The molecule has 0 spiro atoms. The van der Waals surface area contributed by atoms with Crippen LogP contribution in [0.1, 0.15) is 25.7 Å². The Morgan fingerprint density at radius 1 is 1.50 bits per heavy atom. The Labute approximate surface area is 92.5 Å². The SMILES string of the molecule is FC1(F)CCCCC1NC/C(Cl)=C/Cl. The minimum atomic E-state index is -2.61. The maximum Gasteiger partial charge on any atom is 0.263 e. The molecule has 1 rings (SSSR count). The smallest absolute Gasteiger partial charge is 0.263 e. The van der Waals surface area contributed by atoms with Gasteiger partial charge in [0.05, 0.1) is 6.04 Å². The van der Waals surface area contributed by atoms with Gasteiger partial charge in [-0.25, -0.2) is 8.78 Å². The van der Waals surface area contributed by atoms with Crippen molar-refractivity contribution in [3.63, 3.8) is 0 Å². The molecule has 14 heavy (non-hydrogen) atoms. The van der Waals surface area contributed by atoms with Crippen LogP contribution < -0.4 is 5.32 Å². The first-order chi connectivity index (χ1) is 6.56. The molecule has 1 saturated carbocycles. The Morgan fingerprint density at radius 2 is 2.21 bits per heavy atom. The van der Waals surface area contributed by atoms with E-state index in [1.54, 1.807) is 0 Å². The first-order valence-electron chi connectivity index (χ1n) is 4.62. The molecule has 1 aliphatic rings. The number of halogens is 4. The molecule has 0 heterocycles. The molecule has 0 aromatic heterocycles. The van der Waals surface area contributed by atoms with Gasteiger partial charge in [-0.3, -0.25) is 0 Å². The predicted octanol–water partition coefficient (Wildman–Crippen LogP) is 3.47. The number of hydrogen-bond acceptors (Lipinski definition) is 1. The van der Waals surface area contributed by atoms with Crippen LogP contribution in [0.15, 0.2) is 10.6 Å². The summed E-state index contributed by atoms with van der Waals surface area (Å²) in [6.07, 6.45) is 1.91. The second-order valence-electron chi connectivity index (χ2n) is 3.50. The van der Waals surface area contributed by atoms with Crippen LogP contribution in [0, 0.1) is 0 Å². The average Bonchev–Trinajstić information content (AvgIpc) is 2.15. The monoisotopic (exact) mass is 243 g/mol. The Kier molecular flexibility index (Phi) is 4.61. The van der Waals surface area contributed by atoms with Gasteiger partial charge >= 0.3 is 0 Å². The van der Waals surface area contributed by atoms with Gasteiger partial charge in [0.25, 0.3) is 5.92 Å². The van der Waals surface area contributed by atoms with Crippen molar-refractivity contribution in [2.45, 2.75) is 37.6 Å². The van der Waals surface area contributed by atoms with Gasteiger partial charge in [0.1, 0.15) is 0 Å². The molecule has 1 atom stereocenters. The van der Waals surface area contributed by atoms with Crippen molar-refractivity contribution in [2.75, 3.05) is 6.54 Å². The van der Waals surface area contributed by atoms with Gasteiger partial charge in [0.2, 0.25) is 0 Å². The average molecular weight is 244 g/mol. The van der Waals surface area contributed by atoms with Gasteiger partial charge in [0.15, 0.2) is 0 Å². The van der Waals surface area contributed by atoms with E-state index in [1.165, 1.54) is 5.54 Å². The molecule has 0 amide bonds. The third-order valence-electron chi connectivity index (χ3n) is 2.40. The molecule has 1 N–H and O–H groups in total. The normalized spacial score (nSPS) is 27.7. The van der Waals surface area contributed by atoms with Crippen LogP contribution in [0.4, 0.5) is 8.78 Å². The summed E-state index contributed by atoms with van der Waals surface area (Å²) in [5.41, 5.74) is 1.19. The van der Waals surface area contributed by atoms with E-state index in [0.29, 0.717) is 17.9 Å². The van der Waals surface area contributed by atoms with Crippen LogP contribution in [-0.4, -0.2) is 18.5 Å². The van der Waals surface area contributed by atoms with Crippen LogP contribution in [0.2, 0.25) is 0 Å². The lowest BCUT2D eigenvalue weighted by Crippen LogP contribution is -2.47. The predicted molar refractivity (Wildman–Crippen MR) is 55.0 cm³/mol. The molecular weight excluding hydrogens is 231 g/mol. The van der Waals surface area contributed by atoms with E-state index in [2.05, 4.69) is 5.32 Å². The Morgan fingerprint density at radius 3 is 2.79 bits per heavy atom. The first kappa shape index (κ1) is 12.2. The zero-order valence-electron chi connectivity index (χ0n) is 7.70. The number of nitrogens with one attached hydrogen (secondary N) is 1. The van der Waals surface area contributed by atoms with Crippen LogP contribution in [-0.2, 0) is 0 Å². The summed E-state index contributed by atoms with van der Waals surface area (Å²) in [5, 5.41) is 3.08. The molecule has 5 heteroatoms. The fraction of sp³-hybridized carbons (Fsp3) is 0.778. The van der Waals surface area contributed by atoms with E-state index < -0.39 is 12.0 Å². The minimum Gasteiger partial charge on any atom is -0.304 e. The molecule has 82 valence electrons. The van der Waals surface area contributed by atoms with Crippen molar-refractivity contribution in [3.05, 3.63) is 10.6 Å². The zero-order chi connectivity index (χ0) is 10.6. The lowest BCUT2D eigenvalue weighted by molar-refractivity contribution is -0.0625. The van der Waals surface area contributed by atoms with Crippen molar-refractivity contribution in [1.82, 2.24) is 5.32 Å². The van der Waals surface area contributed by atoms with Gasteiger partial charge in [0, 0.05) is 23.5 Å². The molecule has 1 fully saturated rings. The van der Waals surface area contributed by atoms with Crippen LogP contribution in [0.5, 0.6) is 0 Å². The summed E-state index contributed by atoms with van der Waals surface area (Å²) in [6.45, 7) is 0.214. The lowest BCUT2D eigenvalue weighted by atomic mass is 9.91. The molecule has 1 nitrogen and oxygen atoms in total. The van der Waals surface area contributed by atoms with Gasteiger partial charge in [-0.2, -0.15) is 0 Å². The highest BCUT2D eigenvalue weighted by atomic mass is 35.5. The third kappa shape index (κ3) is 3.37. The molecule has 0 saturated heterocycles. The summed E-state index contributed by atoms with van der Waals surface area (Å²) >= 11 is 10.9. The van der Waals surface area contributed by atoms with E-state index in [0.717, 1.165) is 6.42 Å². The highest BCUT2D eigenvalue weighted by Crippen LogP contribution is 2.33. The molecule has 0 aromatic rings. The van der Waals surface area contributed by atoms with E-state index in [9.17, 15) is 8.78 Å². The summed E-state index contributed by atoms with van der Waals surface area (Å²) in [4.78, 5) is 0. The van der Waals surface area contributed by atoms with Gasteiger partial charge < -0.3 is 5.32 Å². The van der Waals surface area contributed by atoms with Crippen molar-refractivity contribution in [1.29, 1.82) is 0 Å². The number of hydrogen-bond donors (Lipinski definition) is 1. The minimum absolute atomic E-state index is 0.0348. The van der Waals surface area contributed by atoms with Crippen molar-refractivity contribution < 1.29 is 8.78 Å². The molecule has 0 aromatic carbocycles. The summed E-state index contributed by atoms with van der Waals surface area (Å²) in [6, 6.07) is -0.762. The first-order valence-corrected chi connectivity index (χ1v) is 5.43. The highest BCUT2D eigenvalue weighted by Gasteiger charge is 2.40. The van der Waals surface area contributed by atoms with Crippen LogP contribution in [0.25, 0.3) is 0 Å². The fourth-order valence-corrected chi connectivity index (χ4v) is 1.76. The summed E-state index contributed by atoms with van der Waals surface area (Å²) < 4.78 is 26.5. The highest BCUT2D eigenvalue weighted by molar-refractivity contribution is 6.36. The number of rotatable bonds is 3. The molecule has 0 radical (unpaired) electrons. The fourth-order valence-electron chi connectivity index (χ4n) is 1.61. The maximum atomic E-state index is 13.3. The standard InChI is InChI=1S/C9H13Cl2F2N/c10-5-7(11)6-14-8-3-1-2-4-9(8,12)13/h5,8,14H,1-4,6H2/b7-5-. The molecular formula is C9H13Cl2F2N. The summed E-state index contributed by atoms with van der Waals surface area (Å²) in [7, 11) is 0. The third-order valence-corrected chi connectivity index (χ3v) is 3.02. The van der Waals surface area contributed by atoms with E-state index >= 15 is 0 Å². The van der Waals surface area contributed by atoms with Crippen molar-refractivity contribution in [3.8, 4) is 0 Å². The second kappa shape index (κ2) is 5.29. The Balaban J connectivity index is 2.42. The van der Waals surface area contributed by atoms with E-state index in [-0.39, 0.29) is 13.0 Å². The maximum absolute atomic E-state index is 13.3. The quantitative estimate of drug-likeness (QED) is 0.801. The lowest BCUT2D eigenvalue weighted by Gasteiger charge is -2.31. The Bertz CT molecular complexity index is 219. The Hall–Kier alpha value is 0.140. The van der Waals surface area contributed by atoms with Crippen molar-refractivity contribution >= 4 is 23.2 Å². The van der Waals surface area contributed by atoms with Gasteiger partial charge in [-0.05, 0) is 12.8 Å². The van der Waals surface area contributed by atoms with Crippen LogP contribution >= 0.6 is 23.2 Å². The van der Waals surface area contributed by atoms with E-state index in [1.807, 2.05) is 0 Å². The molecule has 0 bridgehead atoms. The van der Waals surface area contributed by atoms with Crippen LogP contribution in [0.3, 0.4) is 0 Å². The number of alkyl halides is 2. The van der Waals surface area contributed by atoms with Crippen molar-refractivity contribution in [2.24, 2.45) is 0 Å². The van der Waals surface area contributed by atoms with Gasteiger partial charge in [-0.1, -0.05) is 29.6 Å². The second-order valence-corrected chi connectivity index (χ2v) is 4.20. The molecule has 0 aliphatic heterocycles. The summed E-state index contributed by atoms with van der Waals surface area (Å²) in [5.74, 6) is -2.61. The topological polar surface area (TPSA) is 12.0 Å². The molecule has 1 aliphatic carbocycles. The van der Waals surface area contributed by atoms with Gasteiger partial charge in [-0.15, -0.1) is 0 Å². The zero-order valence-corrected chi connectivity index (χ0v) is 9.21. The largest absolute Gasteiger partial charge is 0.304 e.